The standard InChI is InChI=1S/C15H21N3O3/c19-14(17-8-3-4-11(10-17)15(20)21)13-7-9-18(16-13)12-5-1-2-6-12/h7,9,11-12H,1-6,8,10H2,(H,20,21). The van der Waals surface area contributed by atoms with Crippen molar-refractivity contribution in [3.8, 4) is 0 Å². The molecule has 2 aliphatic rings. The van der Waals surface area contributed by atoms with Crippen LogP contribution in [0.3, 0.4) is 0 Å². The molecule has 3 rings (SSSR count). The Bertz CT molecular complexity index is 534. The first-order valence-electron chi connectivity index (χ1n) is 7.72. The number of carbonyl (C=O) groups excluding carboxylic acids is 1. The van der Waals surface area contributed by atoms with Crippen molar-refractivity contribution in [2.75, 3.05) is 13.1 Å². The lowest BCUT2D eigenvalue weighted by molar-refractivity contribution is -0.143. The van der Waals surface area contributed by atoms with Gasteiger partial charge in [0.05, 0.1) is 12.0 Å². The summed E-state index contributed by atoms with van der Waals surface area (Å²) in [6, 6.07) is 2.17. The van der Waals surface area contributed by atoms with Gasteiger partial charge in [0.1, 0.15) is 5.69 Å². The van der Waals surface area contributed by atoms with E-state index in [2.05, 4.69) is 5.10 Å². The number of carboxylic acids is 1. The maximum atomic E-state index is 12.5. The number of carboxylic acid groups (broad SMARTS) is 1. The largest absolute Gasteiger partial charge is 0.481 e. The van der Waals surface area contributed by atoms with Crippen LogP contribution in [-0.4, -0.2) is 44.8 Å². The molecule has 0 radical (unpaired) electrons. The highest BCUT2D eigenvalue weighted by molar-refractivity contribution is 5.92. The molecule has 1 aliphatic carbocycles. The second kappa shape index (κ2) is 5.87. The third-order valence-electron chi connectivity index (χ3n) is 4.58. The Morgan fingerprint density at radius 1 is 1.19 bits per heavy atom. The molecular formula is C15H21N3O3. The van der Waals surface area contributed by atoms with Crippen LogP contribution in [0.5, 0.6) is 0 Å². The molecule has 1 saturated heterocycles. The number of aliphatic carboxylic acids is 1. The predicted molar refractivity (Wildman–Crippen MR) is 76.0 cm³/mol. The van der Waals surface area contributed by atoms with E-state index >= 15 is 0 Å². The molecule has 2 heterocycles. The fraction of sp³-hybridized carbons (Fsp3) is 0.667. The predicted octanol–water partition coefficient (Wildman–Crippen LogP) is 1.94. The van der Waals surface area contributed by atoms with E-state index < -0.39 is 11.9 Å². The van der Waals surface area contributed by atoms with Crippen LogP contribution in [0.1, 0.15) is 55.1 Å². The number of aromatic nitrogens is 2. The van der Waals surface area contributed by atoms with Crippen molar-refractivity contribution in [3.05, 3.63) is 18.0 Å². The zero-order valence-corrected chi connectivity index (χ0v) is 12.1. The molecule has 1 amide bonds. The molecule has 0 aromatic carbocycles. The van der Waals surface area contributed by atoms with E-state index in [1.807, 2.05) is 10.9 Å². The van der Waals surface area contributed by atoms with Gasteiger partial charge in [0, 0.05) is 19.3 Å². The molecule has 6 heteroatoms. The van der Waals surface area contributed by atoms with Crippen molar-refractivity contribution in [2.45, 2.75) is 44.6 Å². The van der Waals surface area contributed by atoms with Crippen molar-refractivity contribution in [1.29, 1.82) is 0 Å². The van der Waals surface area contributed by atoms with Crippen LogP contribution in [-0.2, 0) is 4.79 Å². The van der Waals surface area contributed by atoms with Crippen LogP contribution in [0.2, 0.25) is 0 Å². The number of piperidine rings is 1. The highest BCUT2D eigenvalue weighted by Gasteiger charge is 2.30. The summed E-state index contributed by atoms with van der Waals surface area (Å²) in [6.07, 6.45) is 7.96. The van der Waals surface area contributed by atoms with Crippen LogP contribution in [0, 0.1) is 5.92 Å². The lowest BCUT2D eigenvalue weighted by Gasteiger charge is -2.30. The number of carbonyl (C=O) groups is 2. The van der Waals surface area contributed by atoms with Crippen molar-refractivity contribution in [3.63, 3.8) is 0 Å². The summed E-state index contributed by atoms with van der Waals surface area (Å²) in [6.45, 7) is 0.920. The van der Waals surface area contributed by atoms with E-state index in [0.29, 0.717) is 31.2 Å². The maximum Gasteiger partial charge on any atom is 0.308 e. The molecule has 114 valence electrons. The molecule has 1 N–H and O–H groups in total. The molecule has 0 spiro atoms. The summed E-state index contributed by atoms with van der Waals surface area (Å²) >= 11 is 0. The van der Waals surface area contributed by atoms with E-state index in [1.165, 1.54) is 12.8 Å². The highest BCUT2D eigenvalue weighted by atomic mass is 16.4. The molecule has 1 unspecified atom stereocenters. The smallest absolute Gasteiger partial charge is 0.308 e. The van der Waals surface area contributed by atoms with E-state index in [1.54, 1.807) is 11.0 Å². The van der Waals surface area contributed by atoms with Crippen LogP contribution < -0.4 is 0 Å². The van der Waals surface area contributed by atoms with Gasteiger partial charge in [-0.15, -0.1) is 0 Å². The maximum absolute atomic E-state index is 12.5. The number of likely N-dealkylation sites (tertiary alicyclic amines) is 1. The second-order valence-electron chi connectivity index (χ2n) is 6.05. The number of nitrogens with zero attached hydrogens (tertiary/aromatic N) is 3. The topological polar surface area (TPSA) is 75.4 Å². The van der Waals surface area contributed by atoms with E-state index in [-0.39, 0.29) is 5.91 Å². The summed E-state index contributed by atoms with van der Waals surface area (Å²) in [5.41, 5.74) is 0.438. The molecular weight excluding hydrogens is 270 g/mol. The Balaban J connectivity index is 1.68. The zero-order chi connectivity index (χ0) is 14.8. The SMILES string of the molecule is O=C(O)C1CCCN(C(=O)c2ccn(C3CCCC3)n2)C1. The molecule has 2 fully saturated rings. The average Bonchev–Trinajstić information content (AvgIpc) is 3.17. The van der Waals surface area contributed by atoms with Crippen molar-refractivity contribution >= 4 is 11.9 Å². The quantitative estimate of drug-likeness (QED) is 0.923. The third kappa shape index (κ3) is 2.94. The van der Waals surface area contributed by atoms with Gasteiger partial charge in [0.2, 0.25) is 0 Å². The Kier molecular flexibility index (Phi) is 3.94. The first kappa shape index (κ1) is 14.1. The summed E-state index contributed by atoms with van der Waals surface area (Å²) in [4.78, 5) is 25.2. The first-order valence-corrected chi connectivity index (χ1v) is 7.72. The van der Waals surface area contributed by atoms with Crippen LogP contribution in [0.25, 0.3) is 0 Å². The van der Waals surface area contributed by atoms with Crippen LogP contribution >= 0.6 is 0 Å². The van der Waals surface area contributed by atoms with Crippen LogP contribution in [0.15, 0.2) is 12.3 Å². The molecule has 6 nitrogen and oxygen atoms in total. The van der Waals surface area contributed by atoms with E-state index in [0.717, 1.165) is 19.3 Å². The van der Waals surface area contributed by atoms with Gasteiger partial charge in [-0.05, 0) is 31.7 Å². The Hall–Kier alpha value is -1.85. The number of amides is 1. The minimum absolute atomic E-state index is 0.141. The summed E-state index contributed by atoms with van der Waals surface area (Å²) in [5, 5.41) is 13.5. The van der Waals surface area contributed by atoms with Gasteiger partial charge in [0.25, 0.3) is 5.91 Å². The highest BCUT2D eigenvalue weighted by Crippen LogP contribution is 2.29. The average molecular weight is 291 g/mol. The normalized spacial score (nSPS) is 23.4. The summed E-state index contributed by atoms with van der Waals surface area (Å²) in [5.74, 6) is -1.40. The van der Waals surface area contributed by atoms with E-state index in [9.17, 15) is 9.59 Å². The van der Waals surface area contributed by atoms with Gasteiger partial charge in [-0.25, -0.2) is 0 Å². The summed E-state index contributed by atoms with van der Waals surface area (Å²) in [7, 11) is 0. The minimum Gasteiger partial charge on any atom is -0.481 e. The van der Waals surface area contributed by atoms with Gasteiger partial charge in [-0.1, -0.05) is 12.8 Å². The second-order valence-corrected chi connectivity index (χ2v) is 6.05. The molecule has 21 heavy (non-hydrogen) atoms. The Labute approximate surface area is 123 Å². The van der Waals surface area contributed by atoms with Gasteiger partial charge >= 0.3 is 5.97 Å². The molecule has 1 aromatic rings. The number of hydrogen-bond acceptors (Lipinski definition) is 3. The molecule has 1 aliphatic heterocycles. The summed E-state index contributed by atoms with van der Waals surface area (Å²) < 4.78 is 1.90. The van der Waals surface area contributed by atoms with Crippen molar-refractivity contribution < 1.29 is 14.7 Å². The Morgan fingerprint density at radius 3 is 2.67 bits per heavy atom. The molecule has 1 saturated carbocycles. The van der Waals surface area contributed by atoms with Crippen molar-refractivity contribution in [2.24, 2.45) is 5.92 Å². The molecule has 1 aromatic heterocycles. The third-order valence-corrected chi connectivity index (χ3v) is 4.58. The van der Waals surface area contributed by atoms with Gasteiger partial charge in [-0.2, -0.15) is 5.10 Å². The van der Waals surface area contributed by atoms with Crippen molar-refractivity contribution in [1.82, 2.24) is 14.7 Å². The minimum atomic E-state index is -0.816. The monoisotopic (exact) mass is 291 g/mol. The lowest BCUT2D eigenvalue weighted by Crippen LogP contribution is -2.42. The first-order chi connectivity index (χ1) is 10.1. The van der Waals surface area contributed by atoms with Gasteiger partial charge < -0.3 is 10.0 Å². The van der Waals surface area contributed by atoms with Gasteiger partial charge in [-0.3, -0.25) is 14.3 Å². The zero-order valence-electron chi connectivity index (χ0n) is 12.1. The number of rotatable bonds is 3. The molecule has 1 atom stereocenters. The van der Waals surface area contributed by atoms with Crippen LogP contribution in [0.4, 0.5) is 0 Å². The van der Waals surface area contributed by atoms with Gasteiger partial charge in [0.15, 0.2) is 0 Å². The molecule has 0 bridgehead atoms. The fourth-order valence-corrected chi connectivity index (χ4v) is 3.35. The lowest BCUT2D eigenvalue weighted by atomic mass is 9.98. The Morgan fingerprint density at radius 2 is 1.95 bits per heavy atom. The van der Waals surface area contributed by atoms with E-state index in [4.69, 9.17) is 5.11 Å². The number of hydrogen-bond donors (Lipinski definition) is 1. The fourth-order valence-electron chi connectivity index (χ4n) is 3.35.